The van der Waals surface area contributed by atoms with Gasteiger partial charge in [-0.15, -0.1) is 0 Å². The van der Waals surface area contributed by atoms with E-state index in [1.54, 1.807) is 7.11 Å². The Bertz CT molecular complexity index is 1030. The molecule has 2 N–H and O–H groups in total. The molecule has 0 aliphatic heterocycles. The molecule has 0 spiro atoms. The van der Waals surface area contributed by atoms with Gasteiger partial charge in [0.1, 0.15) is 11.6 Å². The maximum absolute atomic E-state index is 5.64. The highest BCUT2D eigenvalue weighted by Crippen LogP contribution is 2.29. The Morgan fingerprint density at radius 2 is 1.78 bits per heavy atom. The lowest BCUT2D eigenvalue weighted by Gasteiger charge is -2.22. The number of fused-ring (bicyclic) bond motifs is 2. The molecule has 1 atom stereocenters. The van der Waals surface area contributed by atoms with Crippen LogP contribution in [0.2, 0.25) is 0 Å². The Labute approximate surface area is 159 Å². The molecule has 4 aromatic rings. The van der Waals surface area contributed by atoms with Crippen LogP contribution in [0.15, 0.2) is 60.7 Å². The van der Waals surface area contributed by atoms with Crippen molar-refractivity contribution in [3.63, 3.8) is 0 Å². The van der Waals surface area contributed by atoms with Gasteiger partial charge in [-0.1, -0.05) is 56.3 Å². The highest BCUT2D eigenvalue weighted by molar-refractivity contribution is 5.87. The third-order valence-electron chi connectivity index (χ3n) is 5.09. The number of benzene rings is 3. The fraction of sp³-hybridized carbons (Fsp3) is 0.261. The summed E-state index contributed by atoms with van der Waals surface area (Å²) in [5, 5.41) is 6.15. The van der Waals surface area contributed by atoms with Crippen LogP contribution in [0.5, 0.6) is 5.75 Å². The van der Waals surface area contributed by atoms with Crippen LogP contribution >= 0.6 is 0 Å². The monoisotopic (exact) mass is 359 g/mol. The molecule has 0 saturated heterocycles. The first-order valence-electron chi connectivity index (χ1n) is 9.40. The third-order valence-corrected chi connectivity index (χ3v) is 5.09. The number of H-pyrrole nitrogens is 1. The van der Waals surface area contributed by atoms with Crippen molar-refractivity contribution in [2.75, 3.05) is 7.11 Å². The normalized spacial score (nSPS) is 12.7. The van der Waals surface area contributed by atoms with Crippen molar-refractivity contribution in [3.05, 3.63) is 72.1 Å². The maximum atomic E-state index is 5.64. The number of aromatic amines is 1. The third kappa shape index (κ3) is 3.40. The van der Waals surface area contributed by atoms with E-state index in [1.165, 1.54) is 16.3 Å². The molecule has 3 aromatic carbocycles. The molecule has 0 bridgehead atoms. The number of rotatable bonds is 6. The van der Waals surface area contributed by atoms with Gasteiger partial charge in [0.25, 0.3) is 0 Å². The molecule has 1 heterocycles. The van der Waals surface area contributed by atoms with Gasteiger partial charge in [0, 0.05) is 12.1 Å². The number of aromatic nitrogens is 2. The second kappa shape index (κ2) is 7.41. The zero-order chi connectivity index (χ0) is 18.8. The van der Waals surface area contributed by atoms with Crippen LogP contribution in [-0.2, 0) is 6.54 Å². The van der Waals surface area contributed by atoms with Gasteiger partial charge in [-0.3, -0.25) is 0 Å². The van der Waals surface area contributed by atoms with Crippen LogP contribution in [0.25, 0.3) is 21.8 Å². The summed E-state index contributed by atoms with van der Waals surface area (Å²) in [7, 11) is 1.73. The molecule has 0 aliphatic rings. The van der Waals surface area contributed by atoms with E-state index in [1.807, 2.05) is 24.3 Å². The molecular formula is C23H25N3O. The molecule has 0 fully saturated rings. The number of imidazole rings is 1. The minimum absolute atomic E-state index is 0.126. The SMILES string of the molecule is COc1ccc2ccccc2c1CN[C@@H](c1nc2ccccc2[nH]1)C(C)C. The summed E-state index contributed by atoms with van der Waals surface area (Å²) >= 11 is 0. The van der Waals surface area contributed by atoms with E-state index in [0.717, 1.165) is 22.6 Å². The molecule has 4 heteroatoms. The van der Waals surface area contributed by atoms with Gasteiger partial charge >= 0.3 is 0 Å². The van der Waals surface area contributed by atoms with Crippen LogP contribution in [-0.4, -0.2) is 17.1 Å². The van der Waals surface area contributed by atoms with Gasteiger partial charge in [-0.05, 0) is 34.9 Å². The lowest BCUT2D eigenvalue weighted by Crippen LogP contribution is -2.26. The van der Waals surface area contributed by atoms with E-state index in [0.29, 0.717) is 12.5 Å². The standard InChI is InChI=1S/C23H25N3O/c1-15(2)22(23-25-19-10-6-7-11-20(19)26-23)24-14-18-17-9-5-4-8-16(17)12-13-21(18)27-3/h4-13,15,22,24H,14H2,1-3H3,(H,25,26)/t22-/m1/s1. The number of para-hydroxylation sites is 2. The van der Waals surface area contributed by atoms with Crippen LogP contribution in [0.1, 0.15) is 31.3 Å². The van der Waals surface area contributed by atoms with E-state index in [4.69, 9.17) is 9.72 Å². The molecule has 0 unspecified atom stereocenters. The summed E-state index contributed by atoms with van der Waals surface area (Å²) < 4.78 is 5.64. The summed E-state index contributed by atoms with van der Waals surface area (Å²) in [6.07, 6.45) is 0. The van der Waals surface area contributed by atoms with Crippen LogP contribution in [0, 0.1) is 5.92 Å². The highest BCUT2D eigenvalue weighted by Gasteiger charge is 2.20. The summed E-state index contributed by atoms with van der Waals surface area (Å²) in [5.41, 5.74) is 3.25. The average Bonchev–Trinajstić information content (AvgIpc) is 3.11. The lowest BCUT2D eigenvalue weighted by molar-refractivity contribution is 0.382. The van der Waals surface area contributed by atoms with Gasteiger partial charge in [-0.2, -0.15) is 0 Å². The first kappa shape index (κ1) is 17.6. The number of hydrogen-bond donors (Lipinski definition) is 2. The van der Waals surface area contributed by atoms with Gasteiger partial charge in [0.15, 0.2) is 0 Å². The van der Waals surface area contributed by atoms with E-state index in [-0.39, 0.29) is 6.04 Å². The average molecular weight is 359 g/mol. The molecule has 0 aliphatic carbocycles. The van der Waals surface area contributed by atoms with Crippen LogP contribution < -0.4 is 10.1 Å². The second-order valence-corrected chi connectivity index (χ2v) is 7.21. The van der Waals surface area contributed by atoms with Crippen molar-refractivity contribution in [2.45, 2.75) is 26.4 Å². The van der Waals surface area contributed by atoms with Gasteiger partial charge in [-0.25, -0.2) is 4.98 Å². The van der Waals surface area contributed by atoms with Crippen molar-refractivity contribution in [1.82, 2.24) is 15.3 Å². The number of hydrogen-bond acceptors (Lipinski definition) is 3. The first-order valence-corrected chi connectivity index (χ1v) is 9.40. The summed E-state index contributed by atoms with van der Waals surface area (Å²) in [5.74, 6) is 2.28. The molecule has 4 rings (SSSR count). The van der Waals surface area contributed by atoms with Crippen molar-refractivity contribution in [3.8, 4) is 5.75 Å². The minimum Gasteiger partial charge on any atom is -0.496 e. The van der Waals surface area contributed by atoms with E-state index >= 15 is 0 Å². The second-order valence-electron chi connectivity index (χ2n) is 7.21. The van der Waals surface area contributed by atoms with E-state index in [2.05, 4.69) is 60.5 Å². The fourth-order valence-electron chi connectivity index (χ4n) is 3.67. The van der Waals surface area contributed by atoms with Gasteiger partial charge < -0.3 is 15.0 Å². The molecule has 4 nitrogen and oxygen atoms in total. The number of nitrogens with one attached hydrogen (secondary N) is 2. The minimum atomic E-state index is 0.126. The maximum Gasteiger partial charge on any atom is 0.124 e. The van der Waals surface area contributed by atoms with Crippen molar-refractivity contribution in [2.24, 2.45) is 5.92 Å². The van der Waals surface area contributed by atoms with Crippen molar-refractivity contribution in [1.29, 1.82) is 0 Å². The number of methoxy groups -OCH3 is 1. The smallest absolute Gasteiger partial charge is 0.124 e. The predicted octanol–water partition coefficient (Wildman–Crippen LogP) is 5.21. The van der Waals surface area contributed by atoms with Gasteiger partial charge in [0.2, 0.25) is 0 Å². The lowest BCUT2D eigenvalue weighted by atomic mass is 10.0. The molecule has 0 radical (unpaired) electrons. The van der Waals surface area contributed by atoms with Crippen molar-refractivity contribution < 1.29 is 4.74 Å². The molecular weight excluding hydrogens is 334 g/mol. The Kier molecular flexibility index (Phi) is 4.82. The van der Waals surface area contributed by atoms with Crippen LogP contribution in [0.4, 0.5) is 0 Å². The molecule has 0 amide bonds. The Hall–Kier alpha value is -2.85. The summed E-state index contributed by atoms with van der Waals surface area (Å²) in [4.78, 5) is 8.28. The van der Waals surface area contributed by atoms with Crippen molar-refractivity contribution >= 4 is 21.8 Å². The quantitative estimate of drug-likeness (QED) is 0.497. The molecule has 0 saturated carbocycles. The zero-order valence-corrected chi connectivity index (χ0v) is 16.0. The Morgan fingerprint density at radius 1 is 1.00 bits per heavy atom. The van der Waals surface area contributed by atoms with Crippen LogP contribution in [0.3, 0.4) is 0 Å². The number of nitrogens with zero attached hydrogens (tertiary/aromatic N) is 1. The first-order chi connectivity index (χ1) is 13.2. The van der Waals surface area contributed by atoms with E-state index < -0.39 is 0 Å². The van der Waals surface area contributed by atoms with Gasteiger partial charge in [0.05, 0.1) is 24.2 Å². The zero-order valence-electron chi connectivity index (χ0n) is 16.0. The largest absolute Gasteiger partial charge is 0.496 e. The summed E-state index contributed by atoms with van der Waals surface area (Å²) in [6, 6.07) is 20.9. The Morgan fingerprint density at radius 3 is 2.56 bits per heavy atom. The molecule has 1 aromatic heterocycles. The Balaban J connectivity index is 1.67. The summed E-state index contributed by atoms with van der Waals surface area (Å²) in [6.45, 7) is 5.14. The van der Waals surface area contributed by atoms with E-state index in [9.17, 15) is 0 Å². The highest BCUT2D eigenvalue weighted by atomic mass is 16.5. The molecule has 27 heavy (non-hydrogen) atoms. The fourth-order valence-corrected chi connectivity index (χ4v) is 3.67. The predicted molar refractivity (Wildman–Crippen MR) is 111 cm³/mol. The molecule has 138 valence electrons. The topological polar surface area (TPSA) is 49.9 Å². The number of ether oxygens (including phenoxy) is 1.